The quantitative estimate of drug-likeness (QED) is 0.641. The number of hydrogen-bond donors (Lipinski definition) is 0. The molecule has 1 amide bonds. The lowest BCUT2D eigenvalue weighted by molar-refractivity contribution is -0.121. The van der Waals surface area contributed by atoms with Crippen molar-refractivity contribution in [2.24, 2.45) is 5.92 Å². The molecule has 3 rings (SSSR count). The Bertz CT molecular complexity index is 480. The topological polar surface area (TPSA) is 42.3 Å². The first-order valence-electron chi connectivity index (χ1n) is 5.67. The maximum absolute atomic E-state index is 11.8. The fourth-order valence-corrected chi connectivity index (χ4v) is 3.05. The number of hydrogen-bond acceptors (Lipinski definition) is 2. The highest BCUT2D eigenvalue weighted by molar-refractivity contribution is 5.47. The van der Waals surface area contributed by atoms with Gasteiger partial charge in [-0.05, 0) is 24.8 Å². The second kappa shape index (κ2) is 3.47. The van der Waals surface area contributed by atoms with Crippen molar-refractivity contribution < 1.29 is 4.79 Å². The fourth-order valence-electron chi connectivity index (χ4n) is 3.05. The monoisotopic (exact) mass is 218 g/mol. The Morgan fingerprint density at radius 2 is 2.19 bits per heavy atom. The number of amides is 1. The van der Waals surface area contributed by atoms with Crippen LogP contribution in [-0.4, -0.2) is 29.0 Å². The van der Waals surface area contributed by atoms with Crippen molar-refractivity contribution >= 4 is 6.41 Å². The molecule has 1 fully saturated rings. The molecular formula is C12H14N2O2. The van der Waals surface area contributed by atoms with E-state index in [-0.39, 0.29) is 11.6 Å². The number of fused-ring (bicyclic) bond motifs is 4. The van der Waals surface area contributed by atoms with Crippen LogP contribution in [0.1, 0.15) is 18.2 Å². The molecule has 4 heteroatoms. The molecule has 0 aliphatic carbocycles. The van der Waals surface area contributed by atoms with Crippen molar-refractivity contribution in [1.29, 1.82) is 0 Å². The molecule has 2 atom stereocenters. The van der Waals surface area contributed by atoms with Gasteiger partial charge in [-0.1, -0.05) is 6.07 Å². The number of piperidine rings is 1. The van der Waals surface area contributed by atoms with Crippen LogP contribution in [0.4, 0.5) is 0 Å². The molecule has 0 radical (unpaired) electrons. The van der Waals surface area contributed by atoms with Gasteiger partial charge in [-0.15, -0.1) is 0 Å². The van der Waals surface area contributed by atoms with Crippen molar-refractivity contribution in [1.82, 2.24) is 9.47 Å². The SMILES string of the molecule is O=CN1CC2Cc3cccc(=O)n3C(C2)C1. The maximum atomic E-state index is 11.8. The van der Waals surface area contributed by atoms with Gasteiger partial charge in [-0.3, -0.25) is 9.59 Å². The van der Waals surface area contributed by atoms with Crippen molar-refractivity contribution in [2.75, 3.05) is 13.1 Å². The standard InChI is InChI=1S/C12H14N2O2/c15-8-13-6-9-4-10-2-1-3-12(16)14(10)11(5-9)7-13/h1-3,8-9,11H,4-7H2. The van der Waals surface area contributed by atoms with Crippen LogP contribution in [0.15, 0.2) is 23.0 Å². The van der Waals surface area contributed by atoms with Crippen molar-refractivity contribution in [3.8, 4) is 0 Å². The number of carbonyl (C=O) groups is 1. The van der Waals surface area contributed by atoms with Gasteiger partial charge < -0.3 is 9.47 Å². The lowest BCUT2D eigenvalue weighted by atomic mass is 9.86. The van der Waals surface area contributed by atoms with Gasteiger partial charge in [0, 0.05) is 24.8 Å². The van der Waals surface area contributed by atoms with Crippen LogP contribution in [0, 0.1) is 5.92 Å². The summed E-state index contributed by atoms with van der Waals surface area (Å²) in [6.07, 6.45) is 2.84. The molecule has 0 spiro atoms. The lowest BCUT2D eigenvalue weighted by Gasteiger charge is -2.41. The number of nitrogens with zero attached hydrogens (tertiary/aromatic N) is 2. The number of pyridine rings is 1. The third-order valence-corrected chi connectivity index (χ3v) is 3.63. The van der Waals surface area contributed by atoms with Gasteiger partial charge >= 0.3 is 0 Å². The molecule has 1 aromatic heterocycles. The van der Waals surface area contributed by atoms with Gasteiger partial charge in [-0.2, -0.15) is 0 Å². The minimum Gasteiger partial charge on any atom is -0.343 e. The number of carbonyl (C=O) groups excluding carboxylic acids is 1. The summed E-state index contributed by atoms with van der Waals surface area (Å²) < 4.78 is 1.87. The maximum Gasteiger partial charge on any atom is 0.251 e. The average Bonchev–Trinajstić information content (AvgIpc) is 2.28. The van der Waals surface area contributed by atoms with E-state index in [4.69, 9.17) is 0 Å². The largest absolute Gasteiger partial charge is 0.343 e. The number of rotatable bonds is 1. The van der Waals surface area contributed by atoms with Gasteiger partial charge in [0.2, 0.25) is 6.41 Å². The summed E-state index contributed by atoms with van der Waals surface area (Å²) in [5, 5.41) is 0. The second-order valence-electron chi connectivity index (χ2n) is 4.74. The van der Waals surface area contributed by atoms with Crippen LogP contribution in [-0.2, 0) is 11.2 Å². The van der Waals surface area contributed by atoms with E-state index in [1.807, 2.05) is 16.7 Å². The van der Waals surface area contributed by atoms with E-state index in [9.17, 15) is 9.59 Å². The molecule has 4 nitrogen and oxygen atoms in total. The molecule has 0 saturated carbocycles. The van der Waals surface area contributed by atoms with Gasteiger partial charge in [0.15, 0.2) is 0 Å². The van der Waals surface area contributed by atoms with Crippen LogP contribution in [0.5, 0.6) is 0 Å². The molecule has 2 bridgehead atoms. The molecule has 1 aromatic rings. The third kappa shape index (κ3) is 1.37. The minimum absolute atomic E-state index is 0.0636. The lowest BCUT2D eigenvalue weighted by Crippen LogP contribution is -2.47. The summed E-state index contributed by atoms with van der Waals surface area (Å²) >= 11 is 0. The predicted octanol–water partition coefficient (Wildman–Crippen LogP) is 0.424. The molecule has 2 unspecified atom stereocenters. The normalized spacial score (nSPS) is 27.4. The zero-order valence-corrected chi connectivity index (χ0v) is 9.00. The van der Waals surface area contributed by atoms with E-state index in [2.05, 4.69) is 0 Å². The van der Waals surface area contributed by atoms with Crippen LogP contribution in [0.25, 0.3) is 0 Å². The van der Waals surface area contributed by atoms with Crippen LogP contribution in [0.3, 0.4) is 0 Å². The van der Waals surface area contributed by atoms with Crippen molar-refractivity contribution in [2.45, 2.75) is 18.9 Å². The molecule has 3 heterocycles. The van der Waals surface area contributed by atoms with E-state index in [1.54, 1.807) is 11.0 Å². The first-order chi connectivity index (χ1) is 7.78. The van der Waals surface area contributed by atoms with Gasteiger partial charge in [0.25, 0.3) is 5.56 Å². The smallest absolute Gasteiger partial charge is 0.251 e. The Labute approximate surface area is 93.5 Å². The summed E-state index contributed by atoms with van der Waals surface area (Å²) in [6, 6.07) is 5.63. The molecule has 84 valence electrons. The Balaban J connectivity index is 2.06. The van der Waals surface area contributed by atoms with E-state index in [1.165, 1.54) is 0 Å². The second-order valence-corrected chi connectivity index (χ2v) is 4.74. The van der Waals surface area contributed by atoms with Crippen LogP contribution < -0.4 is 5.56 Å². The summed E-state index contributed by atoms with van der Waals surface area (Å²) in [6.45, 7) is 1.51. The highest BCUT2D eigenvalue weighted by Gasteiger charge is 2.33. The zero-order chi connectivity index (χ0) is 11.1. The summed E-state index contributed by atoms with van der Waals surface area (Å²) in [4.78, 5) is 24.4. The third-order valence-electron chi connectivity index (χ3n) is 3.63. The van der Waals surface area contributed by atoms with Gasteiger partial charge in [-0.25, -0.2) is 0 Å². The zero-order valence-electron chi connectivity index (χ0n) is 9.00. The van der Waals surface area contributed by atoms with E-state index >= 15 is 0 Å². The Morgan fingerprint density at radius 3 is 3.00 bits per heavy atom. The predicted molar refractivity (Wildman–Crippen MR) is 59.2 cm³/mol. The van der Waals surface area contributed by atoms with Crippen LogP contribution >= 0.6 is 0 Å². The fraction of sp³-hybridized carbons (Fsp3) is 0.500. The molecule has 1 saturated heterocycles. The number of likely N-dealkylation sites (tertiary alicyclic amines) is 1. The Kier molecular flexibility index (Phi) is 2.09. The molecule has 2 aliphatic heterocycles. The summed E-state index contributed by atoms with van der Waals surface area (Å²) in [5.41, 5.74) is 1.19. The summed E-state index contributed by atoms with van der Waals surface area (Å²) in [5.74, 6) is 0.519. The summed E-state index contributed by atoms with van der Waals surface area (Å²) in [7, 11) is 0. The molecular weight excluding hydrogens is 204 g/mol. The van der Waals surface area contributed by atoms with Gasteiger partial charge in [0.1, 0.15) is 0 Å². The van der Waals surface area contributed by atoms with Crippen molar-refractivity contribution in [3.05, 3.63) is 34.2 Å². The molecule has 0 aromatic carbocycles. The highest BCUT2D eigenvalue weighted by atomic mass is 16.1. The Morgan fingerprint density at radius 1 is 1.31 bits per heavy atom. The molecule has 0 N–H and O–H groups in total. The molecule has 2 aliphatic rings. The number of aromatic nitrogens is 1. The highest BCUT2D eigenvalue weighted by Crippen LogP contribution is 2.32. The molecule has 16 heavy (non-hydrogen) atoms. The first kappa shape index (κ1) is 9.63. The average molecular weight is 218 g/mol. The van der Waals surface area contributed by atoms with Gasteiger partial charge in [0.05, 0.1) is 6.04 Å². The van der Waals surface area contributed by atoms with E-state index < -0.39 is 0 Å². The first-order valence-corrected chi connectivity index (χ1v) is 5.67. The van der Waals surface area contributed by atoms with E-state index in [0.717, 1.165) is 31.5 Å². The minimum atomic E-state index is 0.0636. The van der Waals surface area contributed by atoms with Crippen LogP contribution in [0.2, 0.25) is 0 Å². The van der Waals surface area contributed by atoms with Crippen molar-refractivity contribution in [3.63, 3.8) is 0 Å². The Hall–Kier alpha value is -1.58. The van der Waals surface area contributed by atoms with E-state index in [0.29, 0.717) is 12.5 Å².